The van der Waals surface area contributed by atoms with Crippen molar-refractivity contribution in [1.82, 2.24) is 14.5 Å². The quantitative estimate of drug-likeness (QED) is 0.189. The van der Waals surface area contributed by atoms with Crippen LogP contribution >= 0.6 is 11.8 Å². The first-order valence-corrected chi connectivity index (χ1v) is 14.5. The van der Waals surface area contributed by atoms with Crippen molar-refractivity contribution in [3.8, 4) is 16.9 Å². The minimum atomic E-state index is -0.859. The average Bonchev–Trinajstić information content (AvgIpc) is 3.18. The lowest BCUT2D eigenvalue weighted by Crippen LogP contribution is -2.24. The minimum absolute atomic E-state index is 0.0103. The van der Waals surface area contributed by atoms with E-state index in [0.29, 0.717) is 19.6 Å². The molecule has 0 atom stereocenters. The van der Waals surface area contributed by atoms with Gasteiger partial charge in [0.1, 0.15) is 12.4 Å². The summed E-state index contributed by atoms with van der Waals surface area (Å²) < 4.78 is 8.53. The third-order valence-electron chi connectivity index (χ3n) is 6.50. The third-order valence-corrected chi connectivity index (χ3v) is 7.77. The van der Waals surface area contributed by atoms with Crippen molar-refractivity contribution < 1.29 is 9.84 Å². The summed E-state index contributed by atoms with van der Waals surface area (Å²) in [6.45, 7) is 11.6. The molecule has 0 saturated heterocycles. The highest BCUT2D eigenvalue weighted by Gasteiger charge is 2.27. The Labute approximate surface area is 241 Å². The van der Waals surface area contributed by atoms with Gasteiger partial charge in [-0.25, -0.2) is 0 Å². The van der Waals surface area contributed by atoms with Gasteiger partial charge in [-0.15, -0.1) is 11.8 Å². The highest BCUT2D eigenvalue weighted by Crippen LogP contribution is 2.43. The highest BCUT2D eigenvalue weighted by atomic mass is 32.2. The molecule has 0 aliphatic carbocycles. The first-order chi connectivity index (χ1) is 19.1. The molecule has 1 N–H and O–H groups in total. The molecule has 0 radical (unpaired) electrons. The topological polar surface area (TPSA) is 60.2 Å². The number of thioether (sulfide) groups is 1. The van der Waals surface area contributed by atoms with Gasteiger partial charge >= 0.3 is 0 Å². The Morgan fingerprint density at radius 1 is 0.875 bits per heavy atom. The average molecular weight is 552 g/mol. The predicted octanol–water partition coefficient (Wildman–Crippen LogP) is 7.93. The van der Waals surface area contributed by atoms with E-state index in [9.17, 15) is 5.11 Å². The van der Waals surface area contributed by atoms with Crippen molar-refractivity contribution >= 4 is 22.7 Å². The Balaban J connectivity index is 1.56. The molecule has 0 saturated carbocycles. The number of aromatic nitrogens is 3. The molecule has 5 aromatic rings. The molecule has 40 heavy (non-hydrogen) atoms. The SMILES string of the molecule is CC(C)(O)Cc1c(SC(C)(C)C)c2cc(OCc3ccccn3)ccc2n1Cc1ccc(-c2cccnc2)cc1. The van der Waals surface area contributed by atoms with Gasteiger partial charge < -0.3 is 14.4 Å². The van der Waals surface area contributed by atoms with E-state index in [0.717, 1.165) is 39.2 Å². The Hall–Kier alpha value is -3.61. The summed E-state index contributed by atoms with van der Waals surface area (Å²) in [5.74, 6) is 0.807. The minimum Gasteiger partial charge on any atom is -0.487 e. The van der Waals surface area contributed by atoms with E-state index in [1.54, 1.807) is 12.4 Å². The summed E-state index contributed by atoms with van der Waals surface area (Å²) in [6, 6.07) is 24.9. The summed E-state index contributed by atoms with van der Waals surface area (Å²) in [5.41, 5.74) is 5.75. The number of hydrogen-bond acceptors (Lipinski definition) is 5. The van der Waals surface area contributed by atoms with Gasteiger partial charge in [-0.1, -0.05) is 57.2 Å². The van der Waals surface area contributed by atoms with Gasteiger partial charge in [0.05, 0.1) is 11.3 Å². The van der Waals surface area contributed by atoms with Gasteiger partial charge in [-0.2, -0.15) is 0 Å². The molecule has 0 aliphatic rings. The molecule has 206 valence electrons. The molecule has 3 aromatic heterocycles. The summed E-state index contributed by atoms with van der Waals surface area (Å²) >= 11 is 1.85. The Morgan fingerprint density at radius 3 is 2.33 bits per heavy atom. The molecule has 0 spiro atoms. The van der Waals surface area contributed by atoms with Gasteiger partial charge in [-0.3, -0.25) is 9.97 Å². The summed E-state index contributed by atoms with van der Waals surface area (Å²) in [5, 5.41) is 12.1. The third kappa shape index (κ3) is 6.93. The van der Waals surface area contributed by atoms with Crippen LogP contribution in [0, 0.1) is 0 Å². The molecular formula is C34H37N3O2S. The first kappa shape index (κ1) is 27.9. The van der Waals surface area contributed by atoms with E-state index < -0.39 is 5.60 Å². The number of nitrogens with zero attached hydrogens (tertiary/aromatic N) is 3. The van der Waals surface area contributed by atoms with Gasteiger partial charge in [0, 0.05) is 57.8 Å². The maximum Gasteiger partial charge on any atom is 0.130 e. The number of pyridine rings is 2. The zero-order valence-electron chi connectivity index (χ0n) is 23.9. The van der Waals surface area contributed by atoms with E-state index >= 15 is 0 Å². The van der Waals surface area contributed by atoms with Crippen LogP contribution in [0.3, 0.4) is 0 Å². The second kappa shape index (κ2) is 11.5. The molecule has 3 heterocycles. The van der Waals surface area contributed by atoms with Crippen molar-refractivity contribution in [1.29, 1.82) is 0 Å². The predicted molar refractivity (Wildman–Crippen MR) is 165 cm³/mol. The maximum absolute atomic E-state index is 11.0. The molecule has 0 fully saturated rings. The van der Waals surface area contributed by atoms with Crippen LogP contribution in [0.15, 0.2) is 96.3 Å². The molecule has 0 bridgehead atoms. The van der Waals surface area contributed by atoms with Crippen LogP contribution in [0.1, 0.15) is 51.6 Å². The lowest BCUT2D eigenvalue weighted by Gasteiger charge is -2.23. The second-order valence-corrected chi connectivity index (χ2v) is 13.6. The number of rotatable bonds is 9. The molecular weight excluding hydrogens is 514 g/mol. The van der Waals surface area contributed by atoms with Crippen LogP contribution in [0.5, 0.6) is 5.75 Å². The maximum atomic E-state index is 11.0. The van der Waals surface area contributed by atoms with E-state index in [1.807, 2.05) is 62.1 Å². The number of hydrogen-bond donors (Lipinski definition) is 1. The number of fused-ring (bicyclic) bond motifs is 1. The second-order valence-electron chi connectivity index (χ2n) is 11.8. The van der Waals surface area contributed by atoms with Crippen LogP contribution in [0.25, 0.3) is 22.0 Å². The largest absolute Gasteiger partial charge is 0.487 e. The lowest BCUT2D eigenvalue weighted by molar-refractivity contribution is 0.0785. The van der Waals surface area contributed by atoms with Crippen LogP contribution in [0.2, 0.25) is 0 Å². The normalized spacial score (nSPS) is 12.2. The fourth-order valence-electron chi connectivity index (χ4n) is 4.79. The van der Waals surface area contributed by atoms with E-state index in [1.165, 1.54) is 10.5 Å². The fraction of sp³-hybridized carbons (Fsp3) is 0.294. The molecule has 5 nitrogen and oxygen atoms in total. The summed E-state index contributed by atoms with van der Waals surface area (Å²) in [7, 11) is 0. The molecule has 6 heteroatoms. The van der Waals surface area contributed by atoms with Gasteiger partial charge in [0.25, 0.3) is 0 Å². The number of ether oxygens (including phenoxy) is 1. The van der Waals surface area contributed by atoms with E-state index in [2.05, 4.69) is 77.8 Å². The standard InChI is InChI=1S/C34H37N3O2S/c1-33(2,3)40-32-29-19-28(39-23-27-10-6-7-18-36-27)15-16-30(29)37(31(32)20-34(4,5)38)22-24-11-13-25(14-12-24)26-9-8-17-35-21-26/h6-19,21,38H,20,22-23H2,1-5H3. The van der Waals surface area contributed by atoms with E-state index in [-0.39, 0.29) is 4.75 Å². The lowest BCUT2D eigenvalue weighted by atomic mass is 10.0. The molecule has 5 rings (SSSR count). The molecule has 0 aliphatic heterocycles. The summed E-state index contributed by atoms with van der Waals surface area (Å²) in [4.78, 5) is 9.84. The van der Waals surface area contributed by atoms with Crippen LogP contribution in [-0.4, -0.2) is 30.0 Å². The van der Waals surface area contributed by atoms with Crippen LogP contribution < -0.4 is 4.74 Å². The van der Waals surface area contributed by atoms with E-state index in [4.69, 9.17) is 4.74 Å². The van der Waals surface area contributed by atoms with Gasteiger partial charge in [0.2, 0.25) is 0 Å². The number of aliphatic hydroxyl groups is 1. The monoisotopic (exact) mass is 551 g/mol. The van der Waals surface area contributed by atoms with Gasteiger partial charge in [-0.05, 0) is 66.9 Å². The molecule has 2 aromatic carbocycles. The Kier molecular flexibility index (Phi) is 8.02. The summed E-state index contributed by atoms with van der Waals surface area (Å²) in [6.07, 6.45) is 6.01. The first-order valence-electron chi connectivity index (χ1n) is 13.6. The smallest absolute Gasteiger partial charge is 0.130 e. The molecule has 0 amide bonds. The molecule has 0 unspecified atom stereocenters. The Morgan fingerprint density at radius 2 is 1.68 bits per heavy atom. The van der Waals surface area contributed by atoms with Gasteiger partial charge in [0.15, 0.2) is 0 Å². The van der Waals surface area contributed by atoms with Crippen LogP contribution in [-0.2, 0) is 19.6 Å². The Bertz CT molecular complexity index is 1570. The number of benzene rings is 2. The zero-order chi connectivity index (χ0) is 28.3. The van der Waals surface area contributed by atoms with Crippen molar-refractivity contribution in [2.24, 2.45) is 0 Å². The van der Waals surface area contributed by atoms with Crippen molar-refractivity contribution in [3.63, 3.8) is 0 Å². The van der Waals surface area contributed by atoms with Crippen molar-refractivity contribution in [2.45, 2.75) is 69.4 Å². The zero-order valence-corrected chi connectivity index (χ0v) is 24.7. The van der Waals surface area contributed by atoms with Crippen molar-refractivity contribution in [2.75, 3.05) is 0 Å². The fourth-order valence-corrected chi connectivity index (χ4v) is 5.98. The van der Waals surface area contributed by atoms with Crippen molar-refractivity contribution in [3.05, 3.63) is 108 Å². The highest BCUT2D eigenvalue weighted by molar-refractivity contribution is 8.00. The van der Waals surface area contributed by atoms with Crippen LogP contribution in [0.4, 0.5) is 0 Å².